The van der Waals surface area contributed by atoms with Gasteiger partial charge in [0.25, 0.3) is 0 Å². The van der Waals surface area contributed by atoms with E-state index in [0.29, 0.717) is 17.2 Å². The van der Waals surface area contributed by atoms with E-state index in [1.807, 2.05) is 25.1 Å². The van der Waals surface area contributed by atoms with Crippen LogP contribution in [0.25, 0.3) is 11.3 Å². The maximum absolute atomic E-state index is 10.9. The van der Waals surface area contributed by atoms with Crippen LogP contribution >= 0.6 is 0 Å². The first-order valence-corrected chi connectivity index (χ1v) is 6.49. The summed E-state index contributed by atoms with van der Waals surface area (Å²) in [5.41, 5.74) is 3.31. The molecule has 20 heavy (non-hydrogen) atoms. The van der Waals surface area contributed by atoms with Crippen LogP contribution in [-0.4, -0.2) is 28.2 Å². The topological polar surface area (TPSA) is 75.2 Å². The van der Waals surface area contributed by atoms with Gasteiger partial charge in [-0.15, -0.1) is 0 Å². The van der Waals surface area contributed by atoms with Crippen LogP contribution in [0.15, 0.2) is 18.2 Å². The molecule has 0 atom stereocenters. The highest BCUT2D eigenvalue weighted by Gasteiger charge is 2.14. The summed E-state index contributed by atoms with van der Waals surface area (Å²) < 4.78 is 5.30. The Morgan fingerprint density at radius 1 is 1.45 bits per heavy atom. The van der Waals surface area contributed by atoms with Crippen LogP contribution in [0.5, 0.6) is 5.75 Å². The van der Waals surface area contributed by atoms with Crippen molar-refractivity contribution in [2.75, 3.05) is 7.11 Å². The zero-order valence-electron chi connectivity index (χ0n) is 11.9. The van der Waals surface area contributed by atoms with Gasteiger partial charge in [0.1, 0.15) is 11.6 Å². The van der Waals surface area contributed by atoms with Gasteiger partial charge in [-0.25, -0.2) is 4.98 Å². The van der Waals surface area contributed by atoms with Gasteiger partial charge in [0.05, 0.1) is 24.9 Å². The van der Waals surface area contributed by atoms with Gasteiger partial charge >= 0.3 is 5.97 Å². The molecule has 2 aromatic rings. The second-order valence-corrected chi connectivity index (χ2v) is 4.60. The van der Waals surface area contributed by atoms with Crippen molar-refractivity contribution >= 4 is 5.97 Å². The number of aryl methyl sites for hydroxylation is 2. The van der Waals surface area contributed by atoms with Crippen LogP contribution in [0.2, 0.25) is 0 Å². The van der Waals surface area contributed by atoms with E-state index in [-0.39, 0.29) is 6.42 Å². The molecule has 106 valence electrons. The zero-order valence-corrected chi connectivity index (χ0v) is 11.9. The van der Waals surface area contributed by atoms with Crippen molar-refractivity contribution in [1.82, 2.24) is 9.97 Å². The Morgan fingerprint density at radius 2 is 2.20 bits per heavy atom. The predicted octanol–water partition coefficient (Wildman–Crippen LogP) is 2.58. The van der Waals surface area contributed by atoms with E-state index >= 15 is 0 Å². The molecule has 0 radical (unpaired) electrons. The number of nitrogens with one attached hydrogen (secondary N) is 1. The third kappa shape index (κ3) is 2.82. The van der Waals surface area contributed by atoms with Crippen LogP contribution < -0.4 is 4.74 Å². The molecule has 0 unspecified atom stereocenters. The lowest BCUT2D eigenvalue weighted by atomic mass is 10.0. The van der Waals surface area contributed by atoms with Gasteiger partial charge in [-0.3, -0.25) is 4.79 Å². The summed E-state index contributed by atoms with van der Waals surface area (Å²) in [4.78, 5) is 18.3. The number of ether oxygens (including phenoxy) is 1. The number of aromatic nitrogens is 2. The maximum Gasteiger partial charge on any atom is 0.309 e. The van der Waals surface area contributed by atoms with Gasteiger partial charge < -0.3 is 14.8 Å². The van der Waals surface area contributed by atoms with Gasteiger partial charge in [0.15, 0.2) is 0 Å². The average Bonchev–Trinajstić information content (AvgIpc) is 2.77. The zero-order chi connectivity index (χ0) is 14.7. The molecule has 5 nitrogen and oxygen atoms in total. The second-order valence-electron chi connectivity index (χ2n) is 4.60. The molecule has 2 N–H and O–H groups in total. The Hall–Kier alpha value is -2.30. The first kappa shape index (κ1) is 14.1. The number of carboxylic acid groups (broad SMARTS) is 1. The fourth-order valence-corrected chi connectivity index (χ4v) is 2.26. The van der Waals surface area contributed by atoms with Gasteiger partial charge in [-0.2, -0.15) is 0 Å². The SMILES string of the molecule is CCc1cc(-c2nc(C)[nH]c2CC(=O)O)ccc1OC. The largest absolute Gasteiger partial charge is 0.496 e. The summed E-state index contributed by atoms with van der Waals surface area (Å²) >= 11 is 0. The van der Waals surface area contributed by atoms with E-state index in [0.717, 1.165) is 23.3 Å². The standard InChI is InChI=1S/C15H18N2O3/c1-4-10-7-11(5-6-13(10)20-3)15-12(8-14(18)19)16-9(2)17-15/h5-7H,4,8H2,1-3H3,(H,16,17)(H,18,19). The third-order valence-electron chi connectivity index (χ3n) is 3.16. The fraction of sp³-hybridized carbons (Fsp3) is 0.333. The molecule has 0 saturated heterocycles. The lowest BCUT2D eigenvalue weighted by Crippen LogP contribution is -2.02. The molecule has 1 heterocycles. The minimum absolute atomic E-state index is 0.0658. The van der Waals surface area contributed by atoms with E-state index in [4.69, 9.17) is 9.84 Å². The van der Waals surface area contributed by atoms with E-state index in [9.17, 15) is 4.79 Å². The molecule has 0 amide bonds. The molecule has 0 aliphatic carbocycles. The highest BCUT2D eigenvalue weighted by atomic mass is 16.5. The summed E-state index contributed by atoms with van der Waals surface area (Å²) in [6.45, 7) is 3.87. The van der Waals surface area contributed by atoms with Crippen LogP contribution in [0.3, 0.4) is 0 Å². The van der Waals surface area contributed by atoms with E-state index in [1.54, 1.807) is 7.11 Å². The molecule has 0 aliphatic rings. The molecule has 0 fully saturated rings. The molecule has 1 aromatic heterocycles. The van der Waals surface area contributed by atoms with Crippen LogP contribution in [-0.2, 0) is 17.6 Å². The predicted molar refractivity (Wildman–Crippen MR) is 76.0 cm³/mol. The number of carbonyl (C=O) groups is 1. The van der Waals surface area contributed by atoms with Crippen molar-refractivity contribution in [2.45, 2.75) is 26.7 Å². The Labute approximate surface area is 117 Å². The summed E-state index contributed by atoms with van der Waals surface area (Å²) in [6, 6.07) is 5.79. The molecule has 2 rings (SSSR count). The number of H-pyrrole nitrogens is 1. The second kappa shape index (κ2) is 5.77. The number of rotatable bonds is 5. The third-order valence-corrected chi connectivity index (χ3v) is 3.16. The Bertz CT molecular complexity index is 632. The van der Waals surface area contributed by atoms with E-state index in [2.05, 4.69) is 16.9 Å². The van der Waals surface area contributed by atoms with Crippen molar-refractivity contribution in [3.05, 3.63) is 35.3 Å². The van der Waals surface area contributed by atoms with Crippen molar-refractivity contribution in [2.24, 2.45) is 0 Å². The van der Waals surface area contributed by atoms with Gasteiger partial charge in [0.2, 0.25) is 0 Å². The first-order chi connectivity index (χ1) is 9.55. The minimum atomic E-state index is -0.876. The number of carboxylic acids is 1. The highest BCUT2D eigenvalue weighted by Crippen LogP contribution is 2.28. The molecule has 0 spiro atoms. The monoisotopic (exact) mass is 274 g/mol. The Kier molecular flexibility index (Phi) is 4.08. The number of methoxy groups -OCH3 is 1. The van der Waals surface area contributed by atoms with Gasteiger partial charge in [-0.1, -0.05) is 6.92 Å². The van der Waals surface area contributed by atoms with Crippen molar-refractivity contribution < 1.29 is 14.6 Å². The van der Waals surface area contributed by atoms with E-state index in [1.165, 1.54) is 0 Å². The lowest BCUT2D eigenvalue weighted by Gasteiger charge is -2.09. The number of benzene rings is 1. The normalized spacial score (nSPS) is 10.6. The van der Waals surface area contributed by atoms with E-state index < -0.39 is 5.97 Å². The van der Waals surface area contributed by atoms with Crippen LogP contribution in [0.4, 0.5) is 0 Å². The van der Waals surface area contributed by atoms with Gasteiger partial charge in [0, 0.05) is 5.56 Å². The van der Waals surface area contributed by atoms with Gasteiger partial charge in [-0.05, 0) is 37.1 Å². The molecule has 0 aliphatic heterocycles. The van der Waals surface area contributed by atoms with Crippen LogP contribution in [0.1, 0.15) is 24.0 Å². The quantitative estimate of drug-likeness (QED) is 0.878. The summed E-state index contributed by atoms with van der Waals surface area (Å²) in [5.74, 6) is 0.674. The molecule has 0 bridgehead atoms. The molecular weight excluding hydrogens is 256 g/mol. The number of hydrogen-bond acceptors (Lipinski definition) is 3. The molecule has 5 heteroatoms. The van der Waals surface area contributed by atoms with Crippen molar-refractivity contribution in [1.29, 1.82) is 0 Å². The van der Waals surface area contributed by atoms with Crippen molar-refractivity contribution in [3.8, 4) is 17.0 Å². The molecule has 1 aromatic carbocycles. The number of hydrogen-bond donors (Lipinski definition) is 2. The lowest BCUT2D eigenvalue weighted by molar-refractivity contribution is -0.136. The number of imidazole rings is 1. The average molecular weight is 274 g/mol. The van der Waals surface area contributed by atoms with Crippen LogP contribution in [0, 0.1) is 6.92 Å². The highest BCUT2D eigenvalue weighted by molar-refractivity contribution is 5.74. The maximum atomic E-state index is 10.9. The summed E-state index contributed by atoms with van der Waals surface area (Å²) in [5, 5.41) is 8.96. The first-order valence-electron chi connectivity index (χ1n) is 6.49. The minimum Gasteiger partial charge on any atom is -0.496 e. The smallest absolute Gasteiger partial charge is 0.309 e. The number of nitrogens with zero attached hydrogens (tertiary/aromatic N) is 1. The number of aromatic amines is 1. The number of aliphatic carboxylic acids is 1. The summed E-state index contributed by atoms with van der Waals surface area (Å²) in [6.07, 6.45) is 0.776. The molecular formula is C15H18N2O3. The fourth-order valence-electron chi connectivity index (χ4n) is 2.26. The Balaban J connectivity index is 2.48. The molecule has 0 saturated carbocycles. The van der Waals surface area contributed by atoms with Crippen molar-refractivity contribution in [3.63, 3.8) is 0 Å². The summed E-state index contributed by atoms with van der Waals surface area (Å²) in [7, 11) is 1.64. The Morgan fingerprint density at radius 3 is 2.80 bits per heavy atom.